The second kappa shape index (κ2) is 4.05. The van der Waals surface area contributed by atoms with E-state index in [2.05, 4.69) is 20.8 Å². The van der Waals surface area contributed by atoms with Crippen LogP contribution in [0.25, 0.3) is 0 Å². The molecular formula is C7H13OY-. The van der Waals surface area contributed by atoms with Gasteiger partial charge in [-0.2, -0.15) is 0 Å². The zero-order valence-corrected chi connectivity index (χ0v) is 9.13. The van der Waals surface area contributed by atoms with Crippen molar-refractivity contribution in [3.05, 3.63) is 6.61 Å². The minimum absolute atomic E-state index is 0. The van der Waals surface area contributed by atoms with Gasteiger partial charge in [0.05, 0.1) is 0 Å². The predicted molar refractivity (Wildman–Crippen MR) is 33.2 cm³/mol. The summed E-state index contributed by atoms with van der Waals surface area (Å²) in [5, 5.41) is 0. The Hall–Kier alpha value is 1.06. The molecule has 0 aromatic heterocycles. The summed E-state index contributed by atoms with van der Waals surface area (Å²) in [6.07, 6.45) is 0.435. The van der Waals surface area contributed by atoms with Crippen molar-refractivity contribution in [2.24, 2.45) is 11.8 Å². The summed E-state index contributed by atoms with van der Waals surface area (Å²) in [6, 6.07) is 0. The Labute approximate surface area is 82.4 Å². The summed E-state index contributed by atoms with van der Waals surface area (Å²) in [7, 11) is 0. The smallest absolute Gasteiger partial charge is 0.0206 e. The van der Waals surface area contributed by atoms with Crippen molar-refractivity contribution in [3.63, 3.8) is 0 Å². The van der Waals surface area contributed by atoms with Gasteiger partial charge >= 0.3 is 0 Å². The van der Waals surface area contributed by atoms with E-state index in [1.165, 1.54) is 0 Å². The minimum atomic E-state index is 0. The zero-order valence-electron chi connectivity index (χ0n) is 6.29. The van der Waals surface area contributed by atoms with Crippen LogP contribution in [-0.4, -0.2) is 6.10 Å². The first-order valence-electron chi connectivity index (χ1n) is 3.20. The van der Waals surface area contributed by atoms with Crippen molar-refractivity contribution >= 4 is 0 Å². The molecule has 3 atom stereocenters. The summed E-state index contributed by atoms with van der Waals surface area (Å²) in [5.74, 6) is 1.35. The summed E-state index contributed by atoms with van der Waals surface area (Å²) in [6.45, 7) is 8.47. The van der Waals surface area contributed by atoms with E-state index in [1.807, 2.05) is 6.61 Å². The van der Waals surface area contributed by atoms with Gasteiger partial charge in [0.1, 0.15) is 0 Å². The molecule has 1 unspecified atom stereocenters. The van der Waals surface area contributed by atoms with Gasteiger partial charge in [0.2, 0.25) is 0 Å². The van der Waals surface area contributed by atoms with E-state index in [0.29, 0.717) is 17.9 Å². The molecule has 0 amide bonds. The van der Waals surface area contributed by atoms with Crippen molar-refractivity contribution in [1.82, 2.24) is 0 Å². The molecule has 0 aromatic rings. The molecule has 1 saturated heterocycles. The van der Waals surface area contributed by atoms with Crippen LogP contribution in [-0.2, 0) is 37.4 Å². The van der Waals surface area contributed by atoms with Gasteiger partial charge in [0, 0.05) is 38.8 Å². The SMILES string of the molecule is CC1[C@H](C)[CH-]O[C@@H]1C.[Y]. The van der Waals surface area contributed by atoms with E-state index in [-0.39, 0.29) is 32.7 Å². The molecule has 2 heteroatoms. The Bertz CT molecular complexity index is 75.0. The fourth-order valence-electron chi connectivity index (χ4n) is 0.923. The van der Waals surface area contributed by atoms with Crippen LogP contribution in [0.5, 0.6) is 0 Å². The number of ether oxygens (including phenoxy) is 1. The topological polar surface area (TPSA) is 9.23 Å². The molecule has 1 aliphatic heterocycles. The third kappa shape index (κ3) is 2.29. The van der Waals surface area contributed by atoms with Crippen molar-refractivity contribution in [2.75, 3.05) is 0 Å². The van der Waals surface area contributed by atoms with Crippen LogP contribution in [0.4, 0.5) is 0 Å². The summed E-state index contributed by atoms with van der Waals surface area (Å²) < 4.78 is 5.25. The number of hydrogen-bond donors (Lipinski definition) is 0. The monoisotopic (exact) mass is 202 g/mol. The molecule has 1 heterocycles. The molecule has 0 saturated carbocycles. The molecule has 1 aliphatic rings. The minimum Gasteiger partial charge on any atom is -0.549 e. The van der Waals surface area contributed by atoms with Crippen LogP contribution in [0.1, 0.15) is 20.8 Å². The molecule has 9 heavy (non-hydrogen) atoms. The van der Waals surface area contributed by atoms with Crippen LogP contribution in [0, 0.1) is 18.4 Å². The Morgan fingerprint density at radius 2 is 1.78 bits per heavy atom. The quantitative estimate of drug-likeness (QED) is 0.544. The maximum Gasteiger partial charge on any atom is 0.0206 e. The first kappa shape index (κ1) is 10.1. The first-order chi connectivity index (χ1) is 3.72. The standard InChI is InChI=1S/C7H13O.Y/c1-5-4-8-7(3)6(5)2;/h4-7H,1-3H3;/q-1;/t5-,6?,7-;/m1./s1. The molecule has 1 rings (SSSR count). The molecule has 1 nitrogen and oxygen atoms in total. The van der Waals surface area contributed by atoms with E-state index in [0.717, 1.165) is 0 Å². The molecule has 1 fully saturated rings. The normalized spacial score (nSPS) is 42.3. The first-order valence-corrected chi connectivity index (χ1v) is 3.20. The summed E-state index contributed by atoms with van der Waals surface area (Å²) in [5.41, 5.74) is 0. The second-order valence-corrected chi connectivity index (χ2v) is 2.70. The van der Waals surface area contributed by atoms with E-state index in [4.69, 9.17) is 4.74 Å². The number of hydrogen-bond acceptors (Lipinski definition) is 1. The predicted octanol–water partition coefficient (Wildman–Crippen LogP) is 1.84. The van der Waals surface area contributed by atoms with Gasteiger partial charge < -0.3 is 4.74 Å². The molecule has 51 valence electrons. The van der Waals surface area contributed by atoms with Crippen molar-refractivity contribution in [1.29, 1.82) is 0 Å². The van der Waals surface area contributed by atoms with Gasteiger partial charge in [-0.05, 0) is 12.8 Å². The van der Waals surface area contributed by atoms with Gasteiger partial charge in [-0.3, -0.25) is 0 Å². The Kier molecular flexibility index (Phi) is 4.53. The molecule has 0 aromatic carbocycles. The van der Waals surface area contributed by atoms with Gasteiger partial charge in [0.15, 0.2) is 0 Å². The average molecular weight is 202 g/mol. The number of rotatable bonds is 0. The van der Waals surface area contributed by atoms with Crippen LogP contribution >= 0.6 is 0 Å². The average Bonchev–Trinajstić information content (AvgIpc) is 1.98. The van der Waals surface area contributed by atoms with Gasteiger partial charge in [0.25, 0.3) is 0 Å². The van der Waals surface area contributed by atoms with Crippen LogP contribution < -0.4 is 0 Å². The van der Waals surface area contributed by atoms with E-state index in [9.17, 15) is 0 Å². The fraction of sp³-hybridized carbons (Fsp3) is 0.857. The molecule has 0 N–H and O–H groups in total. The molecule has 0 bridgehead atoms. The fourth-order valence-corrected chi connectivity index (χ4v) is 0.923. The zero-order chi connectivity index (χ0) is 6.15. The van der Waals surface area contributed by atoms with Gasteiger partial charge in [-0.15, -0.1) is 5.92 Å². The molecule has 0 aliphatic carbocycles. The maximum absolute atomic E-state index is 5.25. The van der Waals surface area contributed by atoms with Gasteiger partial charge in [-0.1, -0.05) is 13.8 Å². The third-order valence-electron chi connectivity index (χ3n) is 2.08. The Balaban J connectivity index is 0.000000640. The summed E-state index contributed by atoms with van der Waals surface area (Å²) in [4.78, 5) is 0. The second-order valence-electron chi connectivity index (χ2n) is 2.70. The van der Waals surface area contributed by atoms with Crippen LogP contribution in [0.15, 0.2) is 0 Å². The Morgan fingerprint density at radius 1 is 1.22 bits per heavy atom. The third-order valence-corrected chi connectivity index (χ3v) is 2.08. The van der Waals surface area contributed by atoms with Gasteiger partial charge in [-0.25, -0.2) is 6.61 Å². The largest absolute Gasteiger partial charge is 0.549 e. The van der Waals surface area contributed by atoms with E-state index in [1.54, 1.807) is 0 Å². The van der Waals surface area contributed by atoms with Crippen LogP contribution in [0.2, 0.25) is 0 Å². The van der Waals surface area contributed by atoms with Crippen molar-refractivity contribution in [2.45, 2.75) is 26.9 Å². The Morgan fingerprint density at radius 3 is 1.89 bits per heavy atom. The summed E-state index contributed by atoms with van der Waals surface area (Å²) >= 11 is 0. The molecular weight excluding hydrogens is 189 g/mol. The van der Waals surface area contributed by atoms with E-state index < -0.39 is 0 Å². The maximum atomic E-state index is 5.25. The molecule has 1 radical (unpaired) electrons. The van der Waals surface area contributed by atoms with E-state index >= 15 is 0 Å². The van der Waals surface area contributed by atoms with Crippen LogP contribution in [0.3, 0.4) is 0 Å². The van der Waals surface area contributed by atoms with Crippen molar-refractivity contribution in [3.8, 4) is 0 Å². The molecule has 0 spiro atoms. The van der Waals surface area contributed by atoms with Crippen molar-refractivity contribution < 1.29 is 37.4 Å².